The second-order valence-electron chi connectivity index (χ2n) is 7.86. The Morgan fingerprint density at radius 1 is 0.912 bits per heavy atom. The molecule has 9 heteroatoms. The molecule has 0 aliphatic carbocycles. The number of benzene rings is 3. The van der Waals surface area contributed by atoms with Gasteiger partial charge in [0.15, 0.2) is 0 Å². The molecule has 0 saturated heterocycles. The van der Waals surface area contributed by atoms with Crippen LogP contribution < -0.4 is 0 Å². The highest BCUT2D eigenvalue weighted by atomic mass is 32.2. The summed E-state index contributed by atoms with van der Waals surface area (Å²) < 4.78 is 78.7. The van der Waals surface area contributed by atoms with E-state index in [9.17, 15) is 35.9 Å². The summed E-state index contributed by atoms with van der Waals surface area (Å²) in [6, 6.07) is 12.4. The van der Waals surface area contributed by atoms with Crippen molar-refractivity contribution in [2.75, 3.05) is 0 Å². The second kappa shape index (κ2) is 9.97. The number of halogens is 4. The van der Waals surface area contributed by atoms with Gasteiger partial charge in [0, 0.05) is 0 Å². The van der Waals surface area contributed by atoms with Crippen molar-refractivity contribution < 1.29 is 35.9 Å². The number of carbonyl (C=O) groups is 1. The normalized spacial score (nSPS) is 13.0. The van der Waals surface area contributed by atoms with Gasteiger partial charge in [-0.05, 0) is 71.6 Å². The molecule has 0 heterocycles. The highest BCUT2D eigenvalue weighted by molar-refractivity contribution is 7.91. The van der Waals surface area contributed by atoms with Crippen LogP contribution in [0.15, 0.2) is 76.5 Å². The Bertz CT molecular complexity index is 1270. The van der Waals surface area contributed by atoms with Gasteiger partial charge >= 0.3 is 12.1 Å². The molecule has 1 N–H and O–H groups in total. The number of hydrogen-bond acceptors (Lipinski definition) is 3. The molecule has 0 spiro atoms. The maximum atomic E-state index is 13.3. The number of aliphatic carboxylic acids is 1. The van der Waals surface area contributed by atoms with E-state index < -0.39 is 39.3 Å². The fourth-order valence-corrected chi connectivity index (χ4v) is 4.93. The van der Waals surface area contributed by atoms with Crippen LogP contribution in [0.25, 0.3) is 11.1 Å². The lowest BCUT2D eigenvalue weighted by atomic mass is 9.91. The van der Waals surface area contributed by atoms with Crippen LogP contribution in [-0.4, -0.2) is 19.5 Å². The van der Waals surface area contributed by atoms with Crippen molar-refractivity contribution in [2.24, 2.45) is 0 Å². The van der Waals surface area contributed by atoms with Crippen molar-refractivity contribution in [2.45, 2.75) is 48.1 Å². The first-order valence-electron chi connectivity index (χ1n) is 10.5. The molecule has 0 fully saturated rings. The lowest BCUT2D eigenvalue weighted by molar-refractivity contribution is -0.139. The molecule has 0 aliphatic heterocycles. The standard InChI is InChI=1S/C25H22F4O4S/c1-2-3-4-23(24(30)31)18-13-17(16-5-7-19(8-6-16)25(27,28)29)14-22(15-18)34(32,33)21-11-9-20(26)10-12-21/h5-15,23H,2-4H2,1H3,(H,30,31). The van der Waals surface area contributed by atoms with E-state index in [1.165, 1.54) is 30.3 Å². The molecule has 0 saturated carbocycles. The number of carboxylic acid groups (broad SMARTS) is 1. The minimum absolute atomic E-state index is 0.190. The van der Waals surface area contributed by atoms with Gasteiger partial charge < -0.3 is 5.11 Å². The maximum absolute atomic E-state index is 13.3. The van der Waals surface area contributed by atoms with Crippen LogP contribution in [0.4, 0.5) is 17.6 Å². The predicted octanol–water partition coefficient (Wildman–Crippen LogP) is 6.70. The Balaban J connectivity index is 2.19. The highest BCUT2D eigenvalue weighted by Gasteiger charge is 2.30. The number of rotatable bonds is 8. The number of alkyl halides is 3. The number of unbranched alkanes of at least 4 members (excludes halogenated alkanes) is 1. The zero-order valence-corrected chi connectivity index (χ0v) is 19.0. The van der Waals surface area contributed by atoms with Crippen molar-refractivity contribution >= 4 is 15.8 Å². The van der Waals surface area contributed by atoms with Crippen molar-refractivity contribution in [3.63, 3.8) is 0 Å². The lowest BCUT2D eigenvalue weighted by Crippen LogP contribution is -2.13. The molecule has 34 heavy (non-hydrogen) atoms. The van der Waals surface area contributed by atoms with Gasteiger partial charge in [-0.3, -0.25) is 4.79 Å². The Hall–Kier alpha value is -3.20. The average Bonchev–Trinajstić information content (AvgIpc) is 2.79. The quantitative estimate of drug-likeness (QED) is 0.279. The third-order valence-corrected chi connectivity index (χ3v) is 7.20. The topological polar surface area (TPSA) is 71.4 Å². The lowest BCUT2D eigenvalue weighted by Gasteiger charge is -2.17. The van der Waals surface area contributed by atoms with E-state index in [1.807, 2.05) is 6.92 Å². The average molecular weight is 495 g/mol. The molecule has 3 aromatic carbocycles. The minimum Gasteiger partial charge on any atom is -0.481 e. The first kappa shape index (κ1) is 25.4. The van der Waals surface area contributed by atoms with Gasteiger partial charge in [-0.15, -0.1) is 0 Å². The van der Waals surface area contributed by atoms with Gasteiger partial charge in [-0.1, -0.05) is 38.0 Å². The molecule has 0 aromatic heterocycles. The molecular weight excluding hydrogens is 472 g/mol. The predicted molar refractivity (Wildman–Crippen MR) is 119 cm³/mol. The van der Waals surface area contributed by atoms with Crippen LogP contribution in [0.3, 0.4) is 0 Å². The van der Waals surface area contributed by atoms with E-state index in [2.05, 4.69) is 0 Å². The third kappa shape index (κ3) is 5.64. The summed E-state index contributed by atoms with van der Waals surface area (Å²) >= 11 is 0. The van der Waals surface area contributed by atoms with Gasteiger partial charge in [-0.25, -0.2) is 12.8 Å². The van der Waals surface area contributed by atoms with Gasteiger partial charge in [0.05, 0.1) is 21.3 Å². The summed E-state index contributed by atoms with van der Waals surface area (Å²) in [6.07, 6.45) is -2.96. The minimum atomic E-state index is -4.54. The molecule has 4 nitrogen and oxygen atoms in total. The molecule has 3 aromatic rings. The summed E-state index contributed by atoms with van der Waals surface area (Å²) in [5.74, 6) is -2.76. The van der Waals surface area contributed by atoms with Gasteiger partial charge in [0.2, 0.25) is 9.84 Å². The molecule has 0 aliphatic rings. The van der Waals surface area contributed by atoms with Crippen molar-refractivity contribution in [3.05, 3.63) is 83.7 Å². The van der Waals surface area contributed by atoms with Crippen molar-refractivity contribution in [3.8, 4) is 11.1 Å². The van der Waals surface area contributed by atoms with Crippen LogP contribution >= 0.6 is 0 Å². The molecule has 1 atom stereocenters. The Morgan fingerprint density at radius 3 is 2.06 bits per heavy atom. The first-order valence-corrected chi connectivity index (χ1v) is 12.0. The number of hydrogen-bond donors (Lipinski definition) is 1. The fraction of sp³-hybridized carbons (Fsp3) is 0.240. The summed E-state index contributed by atoms with van der Waals surface area (Å²) in [7, 11) is -4.16. The highest BCUT2D eigenvalue weighted by Crippen LogP contribution is 2.35. The Morgan fingerprint density at radius 2 is 1.53 bits per heavy atom. The zero-order valence-electron chi connectivity index (χ0n) is 18.1. The number of carboxylic acids is 1. The first-order chi connectivity index (χ1) is 15.9. The Labute approximate surface area is 194 Å². The monoisotopic (exact) mass is 494 g/mol. The fourth-order valence-electron chi connectivity index (χ4n) is 3.59. The molecular formula is C25H22F4O4S. The van der Waals surface area contributed by atoms with E-state index in [0.29, 0.717) is 12.0 Å². The smallest absolute Gasteiger partial charge is 0.416 e. The van der Waals surface area contributed by atoms with Crippen LogP contribution in [0.5, 0.6) is 0 Å². The van der Waals surface area contributed by atoms with Crippen molar-refractivity contribution in [1.82, 2.24) is 0 Å². The van der Waals surface area contributed by atoms with Crippen molar-refractivity contribution in [1.29, 1.82) is 0 Å². The zero-order chi connectivity index (χ0) is 25.1. The Kier molecular flexibility index (Phi) is 7.45. The molecule has 0 bridgehead atoms. The summed E-state index contributed by atoms with van der Waals surface area (Å²) in [4.78, 5) is 11.5. The van der Waals surface area contributed by atoms with Crippen LogP contribution in [0, 0.1) is 5.82 Å². The molecule has 180 valence electrons. The molecule has 0 radical (unpaired) electrons. The molecule has 0 amide bonds. The van der Waals surface area contributed by atoms with E-state index in [0.717, 1.165) is 42.8 Å². The van der Waals surface area contributed by atoms with Crippen LogP contribution in [0.2, 0.25) is 0 Å². The number of sulfone groups is 1. The van der Waals surface area contributed by atoms with Gasteiger partial charge in [-0.2, -0.15) is 13.2 Å². The van der Waals surface area contributed by atoms with Crippen LogP contribution in [0.1, 0.15) is 43.2 Å². The summed E-state index contributed by atoms with van der Waals surface area (Å²) in [5.41, 5.74) is -0.0864. The molecule has 3 rings (SSSR count). The third-order valence-electron chi connectivity index (χ3n) is 5.46. The second-order valence-corrected chi connectivity index (χ2v) is 9.81. The van der Waals surface area contributed by atoms with Crippen LogP contribution in [-0.2, 0) is 20.8 Å². The SMILES string of the molecule is CCCCC(C(=O)O)c1cc(-c2ccc(C(F)(F)F)cc2)cc(S(=O)(=O)c2ccc(F)cc2)c1. The van der Waals surface area contributed by atoms with Gasteiger partial charge in [0.1, 0.15) is 5.82 Å². The maximum Gasteiger partial charge on any atom is 0.416 e. The van der Waals surface area contributed by atoms with E-state index in [1.54, 1.807) is 0 Å². The largest absolute Gasteiger partial charge is 0.481 e. The summed E-state index contributed by atoms with van der Waals surface area (Å²) in [6.45, 7) is 1.89. The van der Waals surface area contributed by atoms with E-state index in [-0.39, 0.29) is 27.3 Å². The molecule has 1 unspecified atom stereocenters. The summed E-state index contributed by atoms with van der Waals surface area (Å²) in [5, 5.41) is 9.77. The van der Waals surface area contributed by atoms with Gasteiger partial charge in [0.25, 0.3) is 0 Å². The van der Waals surface area contributed by atoms with E-state index in [4.69, 9.17) is 0 Å². The van der Waals surface area contributed by atoms with E-state index >= 15 is 0 Å².